The molecule has 1 aromatic rings. The van der Waals surface area contributed by atoms with Gasteiger partial charge in [-0.1, -0.05) is 0 Å². The maximum absolute atomic E-state index is 13.9. The molecule has 0 aromatic heterocycles. The fourth-order valence-corrected chi connectivity index (χ4v) is 3.59. The number of sulfonamides is 1. The molecule has 0 radical (unpaired) electrons. The number of nitrogens with zero attached hydrogens (tertiary/aromatic N) is 1. The Morgan fingerprint density at radius 2 is 2.00 bits per heavy atom. The number of nitrogen functional groups attached to an aromatic ring is 1. The van der Waals surface area contributed by atoms with Crippen LogP contribution in [0.4, 0.5) is 10.1 Å². The van der Waals surface area contributed by atoms with Gasteiger partial charge in [0.15, 0.2) is 0 Å². The van der Waals surface area contributed by atoms with Crippen LogP contribution in [0.25, 0.3) is 0 Å². The number of hydrogen-bond donors (Lipinski definition) is 2. The molecule has 0 spiro atoms. The second kappa shape index (κ2) is 6.07. The number of hydrogen-bond acceptors (Lipinski definition) is 4. The minimum atomic E-state index is -3.86. The molecule has 1 heterocycles. The van der Waals surface area contributed by atoms with E-state index in [1.165, 1.54) is 13.0 Å². The van der Waals surface area contributed by atoms with Gasteiger partial charge >= 0.3 is 0 Å². The summed E-state index contributed by atoms with van der Waals surface area (Å²) in [7, 11) is -3.86. The van der Waals surface area contributed by atoms with Crippen LogP contribution in [0.5, 0.6) is 0 Å². The fourth-order valence-electron chi connectivity index (χ4n) is 2.38. The minimum Gasteiger partial charge on any atom is -0.399 e. The first-order valence-corrected chi connectivity index (χ1v) is 8.16. The molecule has 1 aliphatic heterocycles. The number of rotatable bonds is 5. The topological polar surface area (TPSA) is 75.4 Å². The van der Waals surface area contributed by atoms with Crippen LogP contribution in [0.3, 0.4) is 0 Å². The highest BCUT2D eigenvalue weighted by molar-refractivity contribution is 7.89. The zero-order valence-electron chi connectivity index (χ0n) is 11.5. The highest BCUT2D eigenvalue weighted by Crippen LogP contribution is 2.21. The second-order valence-corrected chi connectivity index (χ2v) is 6.83. The molecule has 0 saturated carbocycles. The van der Waals surface area contributed by atoms with Gasteiger partial charge in [0.2, 0.25) is 10.0 Å². The summed E-state index contributed by atoms with van der Waals surface area (Å²) in [6, 6.07) is 2.57. The Morgan fingerprint density at radius 1 is 1.35 bits per heavy atom. The summed E-state index contributed by atoms with van der Waals surface area (Å²) in [6.07, 6.45) is 2.30. The normalized spacial score (nSPS) is 16.7. The van der Waals surface area contributed by atoms with Crippen molar-refractivity contribution in [2.45, 2.75) is 24.7 Å². The van der Waals surface area contributed by atoms with Gasteiger partial charge in [-0.2, -0.15) is 0 Å². The van der Waals surface area contributed by atoms with Crippen molar-refractivity contribution in [2.75, 3.05) is 31.9 Å². The van der Waals surface area contributed by atoms with Gasteiger partial charge in [-0.3, -0.25) is 0 Å². The molecule has 20 heavy (non-hydrogen) atoms. The number of nitrogens with two attached hydrogens (primary N) is 1. The van der Waals surface area contributed by atoms with E-state index < -0.39 is 15.8 Å². The third-order valence-corrected chi connectivity index (χ3v) is 4.91. The van der Waals surface area contributed by atoms with Crippen molar-refractivity contribution in [3.8, 4) is 0 Å². The smallest absolute Gasteiger partial charge is 0.243 e. The van der Waals surface area contributed by atoms with Gasteiger partial charge in [0.25, 0.3) is 0 Å². The standard InChI is InChI=1S/C13H20FN3O2S/c1-10-8-11(15)9-12(13(10)14)20(18,19)16-4-7-17-5-2-3-6-17/h8-9,16H,2-7,15H2,1H3. The van der Waals surface area contributed by atoms with Crippen LogP contribution in [0, 0.1) is 12.7 Å². The van der Waals surface area contributed by atoms with Crippen LogP contribution in [-0.2, 0) is 10.0 Å². The Hall–Kier alpha value is -1.18. The Kier molecular flexibility index (Phi) is 4.62. The first-order valence-electron chi connectivity index (χ1n) is 6.68. The van der Waals surface area contributed by atoms with Crippen LogP contribution < -0.4 is 10.5 Å². The molecular weight excluding hydrogens is 281 g/mol. The summed E-state index contributed by atoms with van der Waals surface area (Å²) < 4.78 is 40.6. The van der Waals surface area contributed by atoms with Crippen molar-refractivity contribution in [1.29, 1.82) is 0 Å². The predicted molar refractivity (Wildman–Crippen MR) is 76.4 cm³/mol. The lowest BCUT2D eigenvalue weighted by Gasteiger charge is -2.15. The molecule has 7 heteroatoms. The molecular formula is C13H20FN3O2S. The fraction of sp³-hybridized carbons (Fsp3) is 0.538. The van der Waals surface area contributed by atoms with Gasteiger partial charge in [-0.25, -0.2) is 17.5 Å². The summed E-state index contributed by atoms with van der Waals surface area (Å²) >= 11 is 0. The zero-order valence-corrected chi connectivity index (χ0v) is 12.3. The van der Waals surface area contributed by atoms with E-state index in [0.717, 1.165) is 32.0 Å². The average molecular weight is 301 g/mol. The third kappa shape index (κ3) is 3.47. The molecule has 1 aliphatic rings. The molecule has 0 aliphatic carbocycles. The monoisotopic (exact) mass is 301 g/mol. The third-order valence-electron chi connectivity index (χ3n) is 3.45. The number of likely N-dealkylation sites (tertiary alicyclic amines) is 1. The van der Waals surface area contributed by atoms with Gasteiger partial charge in [0.1, 0.15) is 10.7 Å². The molecule has 0 atom stereocenters. The summed E-state index contributed by atoms with van der Waals surface area (Å²) in [5.41, 5.74) is 6.05. The molecule has 0 amide bonds. The molecule has 0 unspecified atom stereocenters. The maximum Gasteiger partial charge on any atom is 0.243 e. The van der Waals surface area contributed by atoms with Gasteiger partial charge in [-0.05, 0) is 50.6 Å². The number of nitrogens with one attached hydrogen (secondary N) is 1. The number of anilines is 1. The molecule has 1 saturated heterocycles. The molecule has 2 rings (SSSR count). The highest BCUT2D eigenvalue weighted by atomic mass is 32.2. The lowest BCUT2D eigenvalue weighted by atomic mass is 10.2. The van der Waals surface area contributed by atoms with Crippen molar-refractivity contribution in [1.82, 2.24) is 9.62 Å². The van der Waals surface area contributed by atoms with E-state index in [1.54, 1.807) is 0 Å². The van der Waals surface area contributed by atoms with Crippen LogP contribution in [0.2, 0.25) is 0 Å². The van der Waals surface area contributed by atoms with Crippen molar-refractivity contribution in [3.05, 3.63) is 23.5 Å². The first-order chi connectivity index (χ1) is 9.40. The second-order valence-electron chi connectivity index (χ2n) is 5.10. The van der Waals surface area contributed by atoms with Crippen LogP contribution in [-0.4, -0.2) is 39.5 Å². The Balaban J connectivity index is 2.06. The van der Waals surface area contributed by atoms with E-state index >= 15 is 0 Å². The van der Waals surface area contributed by atoms with Gasteiger partial charge < -0.3 is 10.6 Å². The SMILES string of the molecule is Cc1cc(N)cc(S(=O)(=O)NCCN2CCCC2)c1F. The number of aryl methyl sites for hydroxylation is 1. The Bertz CT molecular complexity index is 584. The maximum atomic E-state index is 13.9. The van der Waals surface area contributed by atoms with E-state index in [0.29, 0.717) is 6.54 Å². The quantitative estimate of drug-likeness (QED) is 0.798. The molecule has 5 nitrogen and oxygen atoms in total. The number of benzene rings is 1. The van der Waals surface area contributed by atoms with Gasteiger partial charge in [0, 0.05) is 18.8 Å². The highest BCUT2D eigenvalue weighted by Gasteiger charge is 2.21. The zero-order chi connectivity index (χ0) is 14.8. The van der Waals surface area contributed by atoms with E-state index in [9.17, 15) is 12.8 Å². The summed E-state index contributed by atoms with van der Waals surface area (Å²) in [6.45, 7) is 4.40. The van der Waals surface area contributed by atoms with E-state index in [1.807, 2.05) is 0 Å². The van der Waals surface area contributed by atoms with Crippen molar-refractivity contribution >= 4 is 15.7 Å². The van der Waals surface area contributed by atoms with Gasteiger partial charge in [0.05, 0.1) is 0 Å². The van der Waals surface area contributed by atoms with E-state index in [-0.39, 0.29) is 22.7 Å². The molecule has 1 aromatic carbocycles. The van der Waals surface area contributed by atoms with Crippen molar-refractivity contribution < 1.29 is 12.8 Å². The average Bonchev–Trinajstić information content (AvgIpc) is 2.86. The lowest BCUT2D eigenvalue weighted by Crippen LogP contribution is -2.34. The summed E-state index contributed by atoms with van der Waals surface area (Å²) in [5.74, 6) is -0.743. The molecule has 112 valence electrons. The van der Waals surface area contributed by atoms with E-state index in [4.69, 9.17) is 5.73 Å². The van der Waals surface area contributed by atoms with E-state index in [2.05, 4.69) is 9.62 Å². The Labute approximate surface area is 119 Å². The van der Waals surface area contributed by atoms with Crippen LogP contribution in [0.1, 0.15) is 18.4 Å². The summed E-state index contributed by atoms with van der Waals surface area (Å²) in [4.78, 5) is 1.81. The first kappa shape index (κ1) is 15.2. The summed E-state index contributed by atoms with van der Waals surface area (Å²) in [5, 5.41) is 0. The predicted octanol–water partition coefficient (Wildman–Crippen LogP) is 1.09. The number of halogens is 1. The minimum absolute atomic E-state index is 0.227. The molecule has 3 N–H and O–H groups in total. The molecule has 1 fully saturated rings. The Morgan fingerprint density at radius 3 is 2.65 bits per heavy atom. The molecule has 0 bridgehead atoms. The van der Waals surface area contributed by atoms with Gasteiger partial charge in [-0.15, -0.1) is 0 Å². The van der Waals surface area contributed by atoms with Crippen LogP contribution >= 0.6 is 0 Å². The van der Waals surface area contributed by atoms with Crippen molar-refractivity contribution in [3.63, 3.8) is 0 Å². The van der Waals surface area contributed by atoms with Crippen molar-refractivity contribution in [2.24, 2.45) is 0 Å². The van der Waals surface area contributed by atoms with Crippen LogP contribution in [0.15, 0.2) is 17.0 Å². The lowest BCUT2D eigenvalue weighted by molar-refractivity contribution is 0.344. The largest absolute Gasteiger partial charge is 0.399 e.